The Morgan fingerprint density at radius 3 is 2.50 bits per heavy atom. The van der Waals surface area contributed by atoms with E-state index in [1.54, 1.807) is 17.8 Å². The van der Waals surface area contributed by atoms with Crippen molar-refractivity contribution in [1.82, 2.24) is 9.80 Å². The summed E-state index contributed by atoms with van der Waals surface area (Å²) in [5, 5.41) is 1.30. The Morgan fingerprint density at radius 2 is 1.86 bits per heavy atom. The van der Waals surface area contributed by atoms with Gasteiger partial charge in [0.2, 0.25) is 5.91 Å². The first-order chi connectivity index (χ1) is 13.4. The molecule has 4 nitrogen and oxygen atoms in total. The van der Waals surface area contributed by atoms with Gasteiger partial charge < -0.3 is 9.64 Å². The van der Waals surface area contributed by atoms with Crippen LogP contribution in [0.1, 0.15) is 32.3 Å². The summed E-state index contributed by atoms with van der Waals surface area (Å²) >= 11 is 13.7. The molecule has 2 saturated heterocycles. The van der Waals surface area contributed by atoms with Crippen molar-refractivity contribution in [3.63, 3.8) is 0 Å². The molecule has 0 saturated carbocycles. The van der Waals surface area contributed by atoms with Gasteiger partial charge in [-0.25, -0.2) is 0 Å². The lowest BCUT2D eigenvalue weighted by Gasteiger charge is -2.39. The first-order valence-corrected chi connectivity index (χ1v) is 12.0. The van der Waals surface area contributed by atoms with E-state index in [1.807, 2.05) is 17.0 Å². The molecule has 2 aliphatic heterocycles. The summed E-state index contributed by atoms with van der Waals surface area (Å²) < 4.78 is 5.83. The molecule has 1 amide bonds. The van der Waals surface area contributed by atoms with Crippen LogP contribution < -0.4 is 0 Å². The van der Waals surface area contributed by atoms with Crippen LogP contribution in [0.3, 0.4) is 0 Å². The number of piperidine rings is 1. The summed E-state index contributed by atoms with van der Waals surface area (Å²) in [7, 11) is 0. The quantitative estimate of drug-likeness (QED) is 0.642. The van der Waals surface area contributed by atoms with Crippen LogP contribution in [0.5, 0.6) is 0 Å². The normalized spacial score (nSPS) is 24.5. The summed E-state index contributed by atoms with van der Waals surface area (Å²) in [6, 6.07) is 5.52. The molecule has 7 heteroatoms. The highest BCUT2D eigenvalue weighted by atomic mass is 35.5. The molecule has 28 heavy (non-hydrogen) atoms. The van der Waals surface area contributed by atoms with E-state index in [1.165, 1.54) is 0 Å². The third-order valence-corrected chi connectivity index (χ3v) is 7.03. The van der Waals surface area contributed by atoms with E-state index in [2.05, 4.69) is 18.7 Å². The second kappa shape index (κ2) is 10.5. The Labute approximate surface area is 182 Å². The van der Waals surface area contributed by atoms with Gasteiger partial charge in [0.05, 0.1) is 18.0 Å². The molecule has 2 heterocycles. The van der Waals surface area contributed by atoms with E-state index in [0.717, 1.165) is 56.9 Å². The number of carbonyl (C=O) groups excluding carboxylic acids is 1. The first kappa shape index (κ1) is 22.2. The summed E-state index contributed by atoms with van der Waals surface area (Å²) in [6.07, 6.45) is 2.83. The molecule has 2 unspecified atom stereocenters. The van der Waals surface area contributed by atoms with Gasteiger partial charge in [0.1, 0.15) is 0 Å². The van der Waals surface area contributed by atoms with Crippen LogP contribution >= 0.6 is 35.0 Å². The second-order valence-electron chi connectivity index (χ2n) is 8.03. The maximum Gasteiger partial charge on any atom is 0.232 e. The number of rotatable bonds is 6. The second-order valence-corrected chi connectivity index (χ2v) is 9.86. The van der Waals surface area contributed by atoms with Crippen LogP contribution in [0.25, 0.3) is 0 Å². The Hall–Kier alpha value is -0.460. The van der Waals surface area contributed by atoms with Gasteiger partial charge in [0, 0.05) is 48.5 Å². The van der Waals surface area contributed by atoms with Crippen LogP contribution in [0.4, 0.5) is 0 Å². The molecule has 2 atom stereocenters. The minimum Gasteiger partial charge on any atom is -0.373 e. The van der Waals surface area contributed by atoms with Gasteiger partial charge in [-0.15, -0.1) is 11.8 Å². The highest BCUT2D eigenvalue weighted by Gasteiger charge is 2.27. The Morgan fingerprint density at radius 1 is 1.18 bits per heavy atom. The van der Waals surface area contributed by atoms with E-state index >= 15 is 0 Å². The molecule has 0 aliphatic carbocycles. The predicted molar refractivity (Wildman–Crippen MR) is 118 cm³/mol. The number of benzene rings is 1. The molecular weight excluding hydrogens is 415 g/mol. The van der Waals surface area contributed by atoms with Crippen LogP contribution in [-0.4, -0.2) is 66.4 Å². The molecule has 2 aliphatic rings. The Balaban J connectivity index is 1.36. The summed E-state index contributed by atoms with van der Waals surface area (Å²) in [6.45, 7) is 9.23. The molecular formula is C21H30Cl2N2O2S. The highest BCUT2D eigenvalue weighted by molar-refractivity contribution is 7.99. The van der Waals surface area contributed by atoms with Crippen molar-refractivity contribution < 1.29 is 9.53 Å². The van der Waals surface area contributed by atoms with Crippen LogP contribution in [0, 0.1) is 5.92 Å². The lowest BCUT2D eigenvalue weighted by molar-refractivity contribution is -0.129. The molecule has 0 spiro atoms. The topological polar surface area (TPSA) is 32.8 Å². The van der Waals surface area contributed by atoms with Gasteiger partial charge in [-0.2, -0.15) is 0 Å². The maximum absolute atomic E-state index is 12.5. The third-order valence-electron chi connectivity index (χ3n) is 5.48. The Kier molecular flexibility index (Phi) is 8.36. The number of hydrogen-bond donors (Lipinski definition) is 0. The average Bonchev–Trinajstić information content (AvgIpc) is 2.63. The van der Waals surface area contributed by atoms with Gasteiger partial charge in [-0.3, -0.25) is 9.69 Å². The van der Waals surface area contributed by atoms with E-state index in [9.17, 15) is 4.79 Å². The zero-order chi connectivity index (χ0) is 20.1. The number of thioether (sulfide) groups is 1. The lowest BCUT2D eigenvalue weighted by Crippen LogP contribution is -2.48. The number of nitrogens with zero attached hydrogens (tertiary/aromatic N) is 2. The van der Waals surface area contributed by atoms with E-state index in [0.29, 0.717) is 33.9 Å². The number of halogens is 2. The van der Waals surface area contributed by atoms with Gasteiger partial charge >= 0.3 is 0 Å². The zero-order valence-electron chi connectivity index (χ0n) is 16.7. The van der Waals surface area contributed by atoms with Crippen LogP contribution in [0.15, 0.2) is 18.2 Å². The molecule has 156 valence electrons. The smallest absolute Gasteiger partial charge is 0.232 e. The molecule has 0 N–H and O–H groups in total. The fourth-order valence-electron chi connectivity index (χ4n) is 4.14. The fraction of sp³-hybridized carbons (Fsp3) is 0.667. The minimum atomic E-state index is 0.238. The molecule has 0 radical (unpaired) electrons. The number of carbonyl (C=O) groups is 1. The molecule has 0 aromatic heterocycles. The lowest BCUT2D eigenvalue weighted by atomic mass is 9.95. The van der Waals surface area contributed by atoms with Crippen LogP contribution in [0.2, 0.25) is 10.0 Å². The van der Waals surface area contributed by atoms with Gasteiger partial charge in [-0.1, -0.05) is 29.3 Å². The maximum atomic E-state index is 12.5. The monoisotopic (exact) mass is 444 g/mol. The van der Waals surface area contributed by atoms with E-state index < -0.39 is 0 Å². The molecule has 2 fully saturated rings. The number of amides is 1. The standard InChI is InChI=1S/C21H30Cl2N2O2S/c1-15-10-24(11-16(2)27-15)12-17-5-7-25(8-6-17)21(26)14-28-13-18-3-4-19(22)9-20(18)23/h3-4,9,15-17H,5-8,10-14H2,1-2H3. The van der Waals surface area contributed by atoms with Crippen molar-refractivity contribution in [3.8, 4) is 0 Å². The zero-order valence-corrected chi connectivity index (χ0v) is 19.0. The first-order valence-electron chi connectivity index (χ1n) is 10.1. The Bertz CT molecular complexity index is 658. The molecule has 0 bridgehead atoms. The van der Waals surface area contributed by atoms with Gasteiger partial charge in [-0.05, 0) is 50.3 Å². The summed E-state index contributed by atoms with van der Waals surface area (Å²) in [5.74, 6) is 2.15. The third kappa shape index (κ3) is 6.53. The highest BCUT2D eigenvalue weighted by Crippen LogP contribution is 2.26. The van der Waals surface area contributed by atoms with Crippen molar-refractivity contribution in [1.29, 1.82) is 0 Å². The van der Waals surface area contributed by atoms with Gasteiger partial charge in [0.15, 0.2) is 0 Å². The fourth-order valence-corrected chi connectivity index (χ4v) is 5.63. The molecule has 3 rings (SSSR count). The number of hydrogen-bond acceptors (Lipinski definition) is 4. The van der Waals surface area contributed by atoms with Crippen molar-refractivity contribution in [2.75, 3.05) is 38.5 Å². The minimum absolute atomic E-state index is 0.238. The van der Waals surface area contributed by atoms with E-state index in [-0.39, 0.29) is 5.91 Å². The van der Waals surface area contributed by atoms with Crippen molar-refractivity contribution in [3.05, 3.63) is 33.8 Å². The van der Waals surface area contributed by atoms with Crippen molar-refractivity contribution in [2.45, 2.75) is 44.6 Å². The van der Waals surface area contributed by atoms with Crippen molar-refractivity contribution >= 4 is 40.9 Å². The summed E-state index contributed by atoms with van der Waals surface area (Å²) in [4.78, 5) is 17.1. The van der Waals surface area contributed by atoms with Crippen molar-refractivity contribution in [2.24, 2.45) is 5.92 Å². The van der Waals surface area contributed by atoms with Gasteiger partial charge in [0.25, 0.3) is 0 Å². The van der Waals surface area contributed by atoms with Crippen LogP contribution in [-0.2, 0) is 15.3 Å². The largest absolute Gasteiger partial charge is 0.373 e. The number of ether oxygens (including phenoxy) is 1. The SMILES string of the molecule is CC1CN(CC2CCN(C(=O)CSCc3ccc(Cl)cc3Cl)CC2)CC(C)O1. The molecule has 1 aromatic carbocycles. The van der Waals surface area contributed by atoms with E-state index in [4.69, 9.17) is 27.9 Å². The molecule has 1 aromatic rings. The summed E-state index contributed by atoms with van der Waals surface area (Å²) in [5.41, 5.74) is 1.02. The number of likely N-dealkylation sites (tertiary alicyclic amines) is 1. The number of morpholine rings is 1. The average molecular weight is 445 g/mol. The predicted octanol–water partition coefficient (Wildman–Crippen LogP) is 4.57.